The molecule has 0 N–H and O–H groups in total. The lowest BCUT2D eigenvalue weighted by atomic mass is 10.2. The lowest BCUT2D eigenvalue weighted by Gasteiger charge is -2.31. The molecule has 8 heteroatoms. The number of esters is 1. The van der Waals surface area contributed by atoms with Gasteiger partial charge < -0.3 is 9.14 Å². The predicted molar refractivity (Wildman–Crippen MR) is 92.6 cm³/mol. The van der Waals surface area contributed by atoms with Gasteiger partial charge in [-0.3, -0.25) is 4.90 Å². The molecule has 1 unspecified atom stereocenters. The molecule has 0 aliphatic heterocycles. The highest BCUT2D eigenvalue weighted by Crippen LogP contribution is 2.34. The second-order valence-corrected chi connectivity index (χ2v) is 5.92. The summed E-state index contributed by atoms with van der Waals surface area (Å²) in [6, 6.07) is 4.28. The number of hydrogen-bond acceptors (Lipinski definition) is 4. The fourth-order valence-corrected chi connectivity index (χ4v) is 2.85. The van der Waals surface area contributed by atoms with Gasteiger partial charge in [-0.15, -0.1) is 0 Å². The van der Waals surface area contributed by atoms with Gasteiger partial charge in [0.2, 0.25) is 0 Å². The Morgan fingerprint density at radius 2 is 2.08 bits per heavy atom. The van der Waals surface area contributed by atoms with E-state index in [1.54, 1.807) is 34.9 Å². The van der Waals surface area contributed by atoms with Crippen LogP contribution in [0.2, 0.25) is 0 Å². The Bertz CT molecular complexity index is 971. The number of aromatic nitrogens is 2. The highest BCUT2D eigenvalue weighted by molar-refractivity contribution is 5.95. The van der Waals surface area contributed by atoms with Crippen LogP contribution in [0, 0.1) is 0 Å². The van der Waals surface area contributed by atoms with Crippen molar-refractivity contribution in [3.63, 3.8) is 0 Å². The number of benzene rings is 1. The fraction of sp³-hybridized carbons (Fsp3) is 0.333. The molecule has 0 spiro atoms. The molecular weight excluding hydrogens is 347 g/mol. The standard InChI is InChI=1S/C18H18F3N3O2/c1-4-15(19)18(20,21)23(2)16-14-6-5-9-24(14)13-8-7-11(17(25)26-3)10-12(13)22-16/h5-10,15H,4H2,1-3H3. The minimum absolute atomic E-state index is 0.0781. The van der Waals surface area contributed by atoms with E-state index in [9.17, 15) is 18.0 Å². The van der Waals surface area contributed by atoms with Gasteiger partial charge in [-0.25, -0.2) is 14.2 Å². The van der Waals surface area contributed by atoms with E-state index in [-0.39, 0.29) is 17.8 Å². The Morgan fingerprint density at radius 3 is 2.73 bits per heavy atom. The quantitative estimate of drug-likeness (QED) is 0.506. The van der Waals surface area contributed by atoms with Crippen molar-refractivity contribution in [1.29, 1.82) is 0 Å². The smallest absolute Gasteiger partial charge is 0.357 e. The maximum Gasteiger partial charge on any atom is 0.357 e. The summed E-state index contributed by atoms with van der Waals surface area (Å²) >= 11 is 0. The van der Waals surface area contributed by atoms with Crippen molar-refractivity contribution in [1.82, 2.24) is 9.38 Å². The Kier molecular flexibility index (Phi) is 4.52. The molecule has 0 fully saturated rings. The van der Waals surface area contributed by atoms with Gasteiger partial charge in [-0.2, -0.15) is 8.78 Å². The summed E-state index contributed by atoms with van der Waals surface area (Å²) in [6.07, 6.45) is -0.963. The first kappa shape index (κ1) is 18.0. The third-order valence-electron chi connectivity index (χ3n) is 4.36. The van der Waals surface area contributed by atoms with Gasteiger partial charge in [0.25, 0.3) is 0 Å². The van der Waals surface area contributed by atoms with Gasteiger partial charge in [0.15, 0.2) is 12.0 Å². The largest absolute Gasteiger partial charge is 0.465 e. The number of alkyl halides is 3. The molecule has 0 radical (unpaired) electrons. The second-order valence-electron chi connectivity index (χ2n) is 5.92. The zero-order valence-electron chi connectivity index (χ0n) is 14.5. The molecule has 1 aromatic carbocycles. The van der Waals surface area contributed by atoms with Crippen molar-refractivity contribution in [2.24, 2.45) is 0 Å². The van der Waals surface area contributed by atoms with Gasteiger partial charge in [-0.05, 0) is 36.8 Å². The van der Waals surface area contributed by atoms with Crippen molar-refractivity contribution in [2.75, 3.05) is 19.1 Å². The van der Waals surface area contributed by atoms with E-state index in [1.807, 2.05) is 0 Å². The van der Waals surface area contributed by atoms with Crippen LogP contribution in [0.4, 0.5) is 19.0 Å². The van der Waals surface area contributed by atoms with Crippen molar-refractivity contribution in [2.45, 2.75) is 25.6 Å². The van der Waals surface area contributed by atoms with Gasteiger partial charge in [0, 0.05) is 13.2 Å². The van der Waals surface area contributed by atoms with E-state index in [2.05, 4.69) is 9.72 Å². The molecule has 2 aromatic heterocycles. The third-order valence-corrected chi connectivity index (χ3v) is 4.36. The number of methoxy groups -OCH3 is 1. The van der Waals surface area contributed by atoms with Gasteiger partial charge in [0.05, 0.1) is 29.2 Å². The molecule has 5 nitrogen and oxygen atoms in total. The summed E-state index contributed by atoms with van der Waals surface area (Å²) in [5.74, 6) is -0.637. The van der Waals surface area contributed by atoms with Crippen molar-refractivity contribution in [3.8, 4) is 0 Å². The zero-order chi connectivity index (χ0) is 19.1. The number of nitrogens with zero attached hydrogens (tertiary/aromatic N) is 3. The van der Waals surface area contributed by atoms with Gasteiger partial charge in [-0.1, -0.05) is 6.92 Å². The average molecular weight is 365 g/mol. The summed E-state index contributed by atoms with van der Waals surface area (Å²) in [7, 11) is 2.36. The lowest BCUT2D eigenvalue weighted by Crippen LogP contribution is -2.46. The summed E-state index contributed by atoms with van der Waals surface area (Å²) in [4.78, 5) is 16.6. The molecule has 1 atom stereocenters. The minimum atomic E-state index is -3.72. The number of anilines is 1. The Hall–Kier alpha value is -2.77. The molecule has 3 aromatic rings. The van der Waals surface area contributed by atoms with Crippen molar-refractivity contribution >= 4 is 28.3 Å². The number of carbonyl (C=O) groups excluding carboxylic acids is 1. The molecule has 0 amide bonds. The highest BCUT2D eigenvalue weighted by atomic mass is 19.3. The maximum atomic E-state index is 14.4. The molecular formula is C18H18F3N3O2. The Morgan fingerprint density at radius 1 is 1.35 bits per heavy atom. The molecule has 138 valence electrons. The SMILES string of the molecule is CCC(F)C(F)(F)N(C)c1nc2cc(C(=O)OC)ccc2n2cccc12. The molecule has 0 aliphatic carbocycles. The summed E-state index contributed by atoms with van der Waals surface area (Å²) in [6.45, 7) is 1.36. The van der Waals surface area contributed by atoms with Crippen molar-refractivity contribution < 1.29 is 22.7 Å². The number of ether oxygens (including phenoxy) is 1. The van der Waals surface area contributed by atoms with Crippen LogP contribution in [0.1, 0.15) is 23.7 Å². The van der Waals surface area contributed by atoms with E-state index >= 15 is 0 Å². The van der Waals surface area contributed by atoms with E-state index in [0.29, 0.717) is 21.5 Å². The normalized spacial score (nSPS) is 13.2. The van der Waals surface area contributed by atoms with Crippen LogP contribution < -0.4 is 4.90 Å². The number of halogens is 3. The summed E-state index contributed by atoms with van der Waals surface area (Å²) in [5, 5.41) is 0. The number of hydrogen-bond donors (Lipinski definition) is 0. The topological polar surface area (TPSA) is 46.8 Å². The van der Waals surface area contributed by atoms with Crippen LogP contribution in [-0.2, 0) is 4.74 Å². The third kappa shape index (κ3) is 2.75. The number of fused-ring (bicyclic) bond motifs is 3. The monoisotopic (exact) mass is 365 g/mol. The van der Waals surface area contributed by atoms with Crippen LogP contribution in [0.15, 0.2) is 36.5 Å². The lowest BCUT2D eigenvalue weighted by molar-refractivity contribution is -0.0712. The molecule has 0 saturated heterocycles. The van der Waals surface area contributed by atoms with Crippen LogP contribution >= 0.6 is 0 Å². The van der Waals surface area contributed by atoms with Crippen molar-refractivity contribution in [3.05, 3.63) is 42.1 Å². The first-order chi connectivity index (χ1) is 12.3. The predicted octanol–water partition coefficient (Wildman–Crippen LogP) is 4.05. The number of carbonyl (C=O) groups is 1. The van der Waals surface area contributed by atoms with E-state index < -0.39 is 18.2 Å². The Balaban J connectivity index is 2.23. The van der Waals surface area contributed by atoms with Gasteiger partial charge >= 0.3 is 12.0 Å². The molecule has 0 bridgehead atoms. The first-order valence-electron chi connectivity index (χ1n) is 8.06. The van der Waals surface area contributed by atoms with Gasteiger partial charge in [0.1, 0.15) is 0 Å². The van der Waals surface area contributed by atoms with Crippen LogP contribution in [0.25, 0.3) is 16.6 Å². The average Bonchev–Trinajstić information content (AvgIpc) is 3.14. The molecule has 2 heterocycles. The zero-order valence-corrected chi connectivity index (χ0v) is 14.5. The highest BCUT2D eigenvalue weighted by Gasteiger charge is 2.44. The minimum Gasteiger partial charge on any atom is -0.465 e. The van der Waals surface area contributed by atoms with E-state index in [0.717, 1.165) is 7.05 Å². The molecule has 3 rings (SSSR count). The molecule has 0 saturated carbocycles. The first-order valence-corrected chi connectivity index (χ1v) is 8.06. The summed E-state index contributed by atoms with van der Waals surface area (Å²) < 4.78 is 49.0. The molecule has 26 heavy (non-hydrogen) atoms. The molecule has 0 aliphatic rings. The second kappa shape index (κ2) is 6.51. The number of rotatable bonds is 5. The van der Waals surface area contributed by atoms with Crippen LogP contribution in [-0.4, -0.2) is 41.7 Å². The fourth-order valence-electron chi connectivity index (χ4n) is 2.85. The van der Waals surface area contributed by atoms with E-state index in [4.69, 9.17) is 0 Å². The van der Waals surface area contributed by atoms with E-state index in [1.165, 1.54) is 20.1 Å². The Labute approximate surface area is 148 Å². The van der Waals surface area contributed by atoms with Crippen LogP contribution in [0.3, 0.4) is 0 Å². The maximum absolute atomic E-state index is 14.4. The summed E-state index contributed by atoms with van der Waals surface area (Å²) in [5.41, 5.74) is 1.61. The van der Waals surface area contributed by atoms with Crippen LogP contribution in [0.5, 0.6) is 0 Å².